The Kier molecular flexibility index (Phi) is 3.13. The fourth-order valence-corrected chi connectivity index (χ4v) is 3.88. The molecule has 7 nitrogen and oxygen atoms in total. The van der Waals surface area contributed by atoms with Crippen LogP contribution >= 0.6 is 0 Å². The largest absolute Gasteiger partial charge is 0.399 e. The third-order valence-electron chi connectivity index (χ3n) is 5.28. The molecule has 3 aliphatic carbocycles. The molecule has 0 unspecified atom stereocenters. The number of hydrogen-bond acceptors (Lipinski definition) is 6. The van der Waals surface area contributed by atoms with Gasteiger partial charge < -0.3 is 9.40 Å². The van der Waals surface area contributed by atoms with Crippen LogP contribution in [0.15, 0.2) is 43.8 Å². The van der Waals surface area contributed by atoms with Crippen LogP contribution in [0.25, 0.3) is 21.8 Å². The van der Waals surface area contributed by atoms with Crippen molar-refractivity contribution >= 4 is 21.8 Å². The molecule has 134 valence electrons. The molecule has 5 rings (SSSR count). The number of aromatic nitrogens is 2. The van der Waals surface area contributed by atoms with E-state index in [1.165, 1.54) is 7.11 Å². The van der Waals surface area contributed by atoms with E-state index in [2.05, 4.69) is 10.1 Å². The maximum Gasteiger partial charge on any atom is 0.216 e. The van der Waals surface area contributed by atoms with Crippen molar-refractivity contribution in [3.05, 3.63) is 76.6 Å². The molecule has 1 fully saturated rings. The average molecular weight is 361 g/mol. The molecule has 0 bridgehead atoms. The van der Waals surface area contributed by atoms with Crippen LogP contribution in [0, 0.1) is 10.4 Å². The smallest absolute Gasteiger partial charge is 0.216 e. The Morgan fingerprint density at radius 1 is 1.04 bits per heavy atom. The summed E-state index contributed by atoms with van der Waals surface area (Å²) in [6.07, 6.45) is 2.01. The molecule has 0 aliphatic heterocycles. The van der Waals surface area contributed by atoms with Crippen molar-refractivity contribution in [2.45, 2.75) is 18.8 Å². The number of benzene rings is 1. The van der Waals surface area contributed by atoms with Crippen LogP contribution in [0.2, 0.25) is 0 Å². The molecule has 2 aromatic rings. The van der Waals surface area contributed by atoms with Gasteiger partial charge in [0.2, 0.25) is 5.43 Å². The van der Waals surface area contributed by atoms with Gasteiger partial charge in [-0.3, -0.25) is 14.4 Å². The van der Waals surface area contributed by atoms with Crippen molar-refractivity contribution in [2.75, 3.05) is 7.11 Å². The number of hydrogen-bond donors (Lipinski definition) is 0. The van der Waals surface area contributed by atoms with E-state index < -0.39 is 16.3 Å². The molecule has 0 amide bonds. The SMILES string of the molecule is CO/N=c1/c2c(=O)c3ccccc3c(=O)c=2c(=O)c2c1nc(C1CC1)n2C. The maximum atomic E-state index is 13.3. The van der Waals surface area contributed by atoms with Gasteiger partial charge in [0.1, 0.15) is 29.3 Å². The summed E-state index contributed by atoms with van der Waals surface area (Å²) in [6, 6.07) is 6.50. The van der Waals surface area contributed by atoms with E-state index in [4.69, 9.17) is 4.84 Å². The lowest BCUT2D eigenvalue weighted by atomic mass is 10.0. The predicted octanol–water partition coefficient (Wildman–Crippen LogP) is 0.747. The normalized spacial score (nSPS) is 15.3. The van der Waals surface area contributed by atoms with Gasteiger partial charge in [-0.15, -0.1) is 0 Å². The second-order valence-electron chi connectivity index (χ2n) is 6.91. The summed E-state index contributed by atoms with van der Waals surface area (Å²) in [6.45, 7) is 0. The predicted molar refractivity (Wildman–Crippen MR) is 99.2 cm³/mol. The summed E-state index contributed by atoms with van der Waals surface area (Å²) in [4.78, 5) is 49.0. The minimum Gasteiger partial charge on any atom is -0.399 e. The lowest BCUT2D eigenvalue weighted by Crippen LogP contribution is -2.30. The van der Waals surface area contributed by atoms with Crippen LogP contribution < -0.4 is 21.6 Å². The zero-order valence-corrected chi connectivity index (χ0v) is 14.8. The molecule has 27 heavy (non-hydrogen) atoms. The number of rotatable bonds is 2. The lowest BCUT2D eigenvalue weighted by Gasteiger charge is -2.01. The van der Waals surface area contributed by atoms with Crippen molar-refractivity contribution in [1.29, 1.82) is 0 Å². The van der Waals surface area contributed by atoms with Gasteiger partial charge >= 0.3 is 0 Å². The first-order chi connectivity index (χ1) is 13.0. The first kappa shape index (κ1) is 15.9. The van der Waals surface area contributed by atoms with Crippen molar-refractivity contribution < 1.29 is 4.84 Å². The van der Waals surface area contributed by atoms with E-state index in [9.17, 15) is 14.4 Å². The molecule has 0 saturated heterocycles. The monoisotopic (exact) mass is 361 g/mol. The first-order valence-corrected chi connectivity index (χ1v) is 8.70. The number of imidazole rings is 1. The lowest BCUT2D eigenvalue weighted by molar-refractivity contribution is 0.200. The zero-order valence-electron chi connectivity index (χ0n) is 14.8. The third kappa shape index (κ3) is 1.99. The molecule has 1 saturated carbocycles. The van der Waals surface area contributed by atoms with Crippen LogP contribution in [0.1, 0.15) is 24.6 Å². The van der Waals surface area contributed by atoms with E-state index in [0.29, 0.717) is 5.52 Å². The molecule has 1 aromatic carbocycles. The van der Waals surface area contributed by atoms with E-state index >= 15 is 0 Å². The Labute approximate surface area is 151 Å². The van der Waals surface area contributed by atoms with Gasteiger partial charge in [0, 0.05) is 23.7 Å². The van der Waals surface area contributed by atoms with Crippen LogP contribution in [-0.2, 0) is 11.9 Å². The van der Waals surface area contributed by atoms with Crippen LogP contribution in [0.3, 0.4) is 0 Å². The molecule has 0 radical (unpaired) electrons. The van der Waals surface area contributed by atoms with Gasteiger partial charge in [0.15, 0.2) is 10.9 Å². The Hall–Kier alpha value is -3.35. The Balaban J connectivity index is 2.22. The fraction of sp³-hybridized carbons (Fsp3) is 0.250. The third-order valence-corrected chi connectivity index (χ3v) is 5.28. The summed E-state index contributed by atoms with van der Waals surface area (Å²) >= 11 is 0. The van der Waals surface area contributed by atoms with Crippen LogP contribution in [-0.4, -0.2) is 16.7 Å². The Morgan fingerprint density at radius 3 is 2.26 bits per heavy atom. The molecular weight excluding hydrogens is 346 g/mol. The van der Waals surface area contributed by atoms with Gasteiger partial charge in [0.05, 0.1) is 10.4 Å². The van der Waals surface area contributed by atoms with Gasteiger partial charge in [-0.1, -0.05) is 29.4 Å². The maximum absolute atomic E-state index is 13.3. The molecular formula is C20H15N3O4. The summed E-state index contributed by atoms with van der Waals surface area (Å²) < 4.78 is 1.72. The second kappa shape index (κ2) is 5.33. The minimum atomic E-state index is -0.482. The second-order valence-corrected chi connectivity index (χ2v) is 6.91. The van der Waals surface area contributed by atoms with Gasteiger partial charge in [-0.2, -0.15) is 0 Å². The highest BCUT2D eigenvalue weighted by molar-refractivity contribution is 5.84. The minimum absolute atomic E-state index is 0.0153. The summed E-state index contributed by atoms with van der Waals surface area (Å²) in [5, 5.41) is 4.48. The van der Waals surface area contributed by atoms with E-state index in [1.807, 2.05) is 0 Å². The van der Waals surface area contributed by atoms with Crippen molar-refractivity contribution in [3.63, 3.8) is 0 Å². The summed E-state index contributed by atoms with van der Waals surface area (Å²) in [5.41, 5.74) is -0.759. The van der Waals surface area contributed by atoms with E-state index in [1.54, 1.807) is 35.9 Å². The van der Waals surface area contributed by atoms with E-state index in [-0.39, 0.29) is 38.0 Å². The number of aryl methyl sites for hydroxylation is 1. The zero-order chi connectivity index (χ0) is 18.9. The molecule has 1 aromatic heterocycles. The van der Waals surface area contributed by atoms with Crippen LogP contribution in [0.5, 0.6) is 0 Å². The standard InChI is InChI=1S/C20H15N3O4/c1-23-16-15(21-20(23)9-7-8-9)14(22-27-2)12-13(19(16)26)18(25)11-6-4-3-5-10(11)17(12)24/h3-6,9H,7-8H2,1-2H3/b22-14-. The molecule has 0 atom stereocenters. The molecule has 1 heterocycles. The number of fused-ring (bicyclic) bond motifs is 2. The van der Waals surface area contributed by atoms with Gasteiger partial charge in [0.25, 0.3) is 0 Å². The Morgan fingerprint density at radius 2 is 1.67 bits per heavy atom. The van der Waals surface area contributed by atoms with Crippen LogP contribution in [0.4, 0.5) is 0 Å². The molecule has 0 N–H and O–H groups in total. The topological polar surface area (TPSA) is 90.6 Å². The average Bonchev–Trinajstić information content (AvgIpc) is 3.45. The van der Waals surface area contributed by atoms with E-state index in [0.717, 1.165) is 18.7 Å². The van der Waals surface area contributed by atoms with Crippen molar-refractivity contribution in [2.24, 2.45) is 12.2 Å². The summed E-state index contributed by atoms with van der Waals surface area (Å²) in [7, 11) is 3.12. The molecule has 7 heteroatoms. The highest BCUT2D eigenvalue weighted by Gasteiger charge is 2.30. The quantitative estimate of drug-likeness (QED) is 0.491. The Bertz CT molecular complexity index is 1540. The first-order valence-electron chi connectivity index (χ1n) is 8.70. The molecule has 3 aliphatic rings. The highest BCUT2D eigenvalue weighted by atomic mass is 16.6. The molecule has 0 spiro atoms. The van der Waals surface area contributed by atoms with Crippen molar-refractivity contribution in [3.8, 4) is 0 Å². The number of nitrogens with zero attached hydrogens (tertiary/aromatic N) is 3. The fourth-order valence-electron chi connectivity index (χ4n) is 3.88. The highest BCUT2D eigenvalue weighted by Crippen LogP contribution is 2.39. The van der Waals surface area contributed by atoms with Crippen molar-refractivity contribution in [1.82, 2.24) is 9.55 Å². The summed E-state index contributed by atoms with van der Waals surface area (Å²) in [5.74, 6) is 1.06. The van der Waals surface area contributed by atoms with Gasteiger partial charge in [-0.25, -0.2) is 4.98 Å². The van der Waals surface area contributed by atoms with Gasteiger partial charge in [-0.05, 0) is 12.8 Å².